The molecule has 4 nitrogen and oxygen atoms in total. The van der Waals surface area contributed by atoms with Crippen LogP contribution in [0.3, 0.4) is 0 Å². The minimum Gasteiger partial charge on any atom is -0.394 e. The molecule has 0 amide bonds. The molecular formula is C13H12BrF2N3O. The van der Waals surface area contributed by atoms with Crippen LogP contribution in [0.5, 0.6) is 0 Å². The number of para-hydroxylation sites is 1. The van der Waals surface area contributed by atoms with Gasteiger partial charge in [0.25, 0.3) is 5.92 Å². The molecule has 7 heteroatoms. The lowest BCUT2D eigenvalue weighted by Crippen LogP contribution is -2.59. The largest absolute Gasteiger partial charge is 0.394 e. The average Bonchev–Trinajstić information content (AvgIpc) is 2.37. The number of halogens is 3. The predicted octanol–water partition coefficient (Wildman–Crippen LogP) is 2.96. The maximum atomic E-state index is 13.0. The van der Waals surface area contributed by atoms with Crippen LogP contribution >= 0.6 is 15.9 Å². The van der Waals surface area contributed by atoms with Crippen molar-refractivity contribution in [2.45, 2.75) is 24.3 Å². The van der Waals surface area contributed by atoms with Crippen molar-refractivity contribution in [3.63, 3.8) is 0 Å². The number of alkyl halides is 2. The van der Waals surface area contributed by atoms with Gasteiger partial charge in [0.05, 0.1) is 23.9 Å². The Bertz CT molecular complexity index is 657. The summed E-state index contributed by atoms with van der Waals surface area (Å²) in [4.78, 5) is 8.59. The molecule has 1 heterocycles. The molecule has 2 aromatic rings. The maximum absolute atomic E-state index is 13.0. The third-order valence-corrected chi connectivity index (χ3v) is 4.05. The Labute approximate surface area is 122 Å². The van der Waals surface area contributed by atoms with E-state index in [1.165, 1.54) is 6.20 Å². The number of nitrogens with one attached hydrogen (secondary N) is 1. The quantitative estimate of drug-likeness (QED) is 0.899. The molecule has 20 heavy (non-hydrogen) atoms. The molecule has 2 N–H and O–H groups in total. The minimum absolute atomic E-state index is 0.363. The summed E-state index contributed by atoms with van der Waals surface area (Å²) in [5.74, 6) is -2.34. The molecule has 1 saturated carbocycles. The summed E-state index contributed by atoms with van der Waals surface area (Å²) in [6, 6.07) is 5.49. The van der Waals surface area contributed by atoms with E-state index in [4.69, 9.17) is 0 Å². The van der Waals surface area contributed by atoms with E-state index in [1.807, 2.05) is 18.2 Å². The molecule has 1 aliphatic carbocycles. The molecule has 0 atom stereocenters. The lowest BCUT2D eigenvalue weighted by molar-refractivity contribution is -0.126. The van der Waals surface area contributed by atoms with E-state index in [0.29, 0.717) is 16.9 Å². The van der Waals surface area contributed by atoms with Gasteiger partial charge in [-0.2, -0.15) is 0 Å². The molecule has 0 aliphatic heterocycles. The van der Waals surface area contributed by atoms with Gasteiger partial charge in [0.15, 0.2) is 0 Å². The monoisotopic (exact) mass is 343 g/mol. The molecule has 0 radical (unpaired) electrons. The number of aromatic nitrogens is 2. The number of fused-ring (bicyclic) bond motifs is 1. The van der Waals surface area contributed by atoms with Crippen molar-refractivity contribution in [3.8, 4) is 0 Å². The van der Waals surface area contributed by atoms with E-state index in [2.05, 4.69) is 31.2 Å². The summed E-state index contributed by atoms with van der Waals surface area (Å²) < 4.78 is 26.9. The van der Waals surface area contributed by atoms with Crippen LogP contribution in [0.4, 0.5) is 14.6 Å². The Balaban J connectivity index is 1.90. The second kappa shape index (κ2) is 4.60. The highest BCUT2D eigenvalue weighted by molar-refractivity contribution is 9.10. The van der Waals surface area contributed by atoms with Crippen LogP contribution < -0.4 is 5.32 Å². The summed E-state index contributed by atoms with van der Waals surface area (Å²) in [6.07, 6.45) is 0.695. The third-order valence-electron chi connectivity index (χ3n) is 3.41. The van der Waals surface area contributed by atoms with Gasteiger partial charge in [-0.1, -0.05) is 6.07 Å². The van der Waals surface area contributed by atoms with Crippen molar-refractivity contribution in [2.24, 2.45) is 0 Å². The standard InChI is InChI=1S/C13H12BrF2N3O/c14-8-2-1-3-9-11(8)18-10(4-17-9)19-12(7-20)5-13(15,16)6-12/h1-4,20H,5-7H2,(H,18,19). The zero-order valence-corrected chi connectivity index (χ0v) is 12.0. The third kappa shape index (κ3) is 2.35. The zero-order chi connectivity index (χ0) is 14.4. The van der Waals surface area contributed by atoms with E-state index < -0.39 is 24.3 Å². The summed E-state index contributed by atoms with van der Waals surface area (Å²) in [7, 11) is 0. The van der Waals surface area contributed by atoms with Gasteiger partial charge in [-0.3, -0.25) is 4.98 Å². The first-order chi connectivity index (χ1) is 9.43. The van der Waals surface area contributed by atoms with Gasteiger partial charge in [0.1, 0.15) is 11.3 Å². The SMILES string of the molecule is OCC1(Nc2cnc3cccc(Br)c3n2)CC(F)(F)C1. The van der Waals surface area contributed by atoms with Crippen molar-refractivity contribution < 1.29 is 13.9 Å². The number of nitrogens with zero attached hydrogens (tertiary/aromatic N) is 2. The highest BCUT2D eigenvalue weighted by Gasteiger charge is 2.56. The van der Waals surface area contributed by atoms with E-state index in [9.17, 15) is 13.9 Å². The molecular weight excluding hydrogens is 332 g/mol. The molecule has 0 unspecified atom stereocenters. The molecule has 0 bridgehead atoms. The second-order valence-electron chi connectivity index (χ2n) is 5.14. The Kier molecular flexibility index (Phi) is 3.13. The molecule has 1 aliphatic rings. The fourth-order valence-electron chi connectivity index (χ4n) is 2.51. The predicted molar refractivity (Wildman–Crippen MR) is 74.9 cm³/mol. The van der Waals surface area contributed by atoms with Crippen molar-refractivity contribution in [1.29, 1.82) is 0 Å². The lowest BCUT2D eigenvalue weighted by Gasteiger charge is -2.46. The van der Waals surface area contributed by atoms with Crippen LogP contribution in [0, 0.1) is 0 Å². The van der Waals surface area contributed by atoms with Crippen LogP contribution in [0.1, 0.15) is 12.8 Å². The van der Waals surface area contributed by atoms with Crippen LogP contribution in [-0.4, -0.2) is 33.1 Å². The van der Waals surface area contributed by atoms with Gasteiger partial charge < -0.3 is 10.4 Å². The first kappa shape index (κ1) is 13.6. The smallest absolute Gasteiger partial charge is 0.252 e. The van der Waals surface area contributed by atoms with Crippen LogP contribution in [0.25, 0.3) is 11.0 Å². The summed E-state index contributed by atoms with van der Waals surface area (Å²) in [5, 5.41) is 12.2. The van der Waals surface area contributed by atoms with E-state index >= 15 is 0 Å². The summed E-state index contributed by atoms with van der Waals surface area (Å²) in [6.45, 7) is -0.363. The van der Waals surface area contributed by atoms with E-state index in [0.717, 1.165) is 4.47 Å². The Hall–Kier alpha value is -1.34. The van der Waals surface area contributed by atoms with Gasteiger partial charge in [-0.05, 0) is 28.1 Å². The number of hydrogen-bond donors (Lipinski definition) is 2. The number of benzene rings is 1. The second-order valence-corrected chi connectivity index (χ2v) is 5.99. The van der Waals surface area contributed by atoms with Gasteiger partial charge in [-0.15, -0.1) is 0 Å². The van der Waals surface area contributed by atoms with Crippen molar-refractivity contribution in [1.82, 2.24) is 9.97 Å². The van der Waals surface area contributed by atoms with Crippen molar-refractivity contribution in [2.75, 3.05) is 11.9 Å². The fourth-order valence-corrected chi connectivity index (χ4v) is 2.95. The average molecular weight is 344 g/mol. The highest BCUT2D eigenvalue weighted by atomic mass is 79.9. The fraction of sp³-hybridized carbons (Fsp3) is 0.385. The maximum Gasteiger partial charge on any atom is 0.252 e. The molecule has 3 rings (SSSR count). The van der Waals surface area contributed by atoms with Crippen molar-refractivity contribution in [3.05, 3.63) is 28.9 Å². The van der Waals surface area contributed by atoms with Crippen molar-refractivity contribution >= 4 is 32.8 Å². The summed E-state index contributed by atoms with van der Waals surface area (Å²) in [5.41, 5.74) is 0.353. The number of hydrogen-bond acceptors (Lipinski definition) is 4. The number of aliphatic hydroxyl groups is 1. The lowest BCUT2D eigenvalue weighted by atomic mass is 9.74. The van der Waals surface area contributed by atoms with Gasteiger partial charge in [0, 0.05) is 17.3 Å². The molecule has 1 aromatic carbocycles. The van der Waals surface area contributed by atoms with E-state index in [1.54, 1.807) is 0 Å². The molecule has 1 aromatic heterocycles. The first-order valence-corrected chi connectivity index (χ1v) is 6.91. The van der Waals surface area contributed by atoms with Crippen LogP contribution in [0.15, 0.2) is 28.9 Å². The molecule has 1 fully saturated rings. The Morgan fingerprint density at radius 2 is 2.10 bits per heavy atom. The Morgan fingerprint density at radius 3 is 2.75 bits per heavy atom. The molecule has 0 saturated heterocycles. The first-order valence-electron chi connectivity index (χ1n) is 6.11. The zero-order valence-electron chi connectivity index (χ0n) is 10.4. The van der Waals surface area contributed by atoms with E-state index in [-0.39, 0.29) is 6.61 Å². The van der Waals surface area contributed by atoms with Crippen LogP contribution in [-0.2, 0) is 0 Å². The Morgan fingerprint density at radius 1 is 1.35 bits per heavy atom. The number of anilines is 1. The van der Waals surface area contributed by atoms with Gasteiger partial charge in [0.2, 0.25) is 0 Å². The molecule has 0 spiro atoms. The topological polar surface area (TPSA) is 58.0 Å². The minimum atomic E-state index is -2.72. The number of rotatable bonds is 3. The molecule has 106 valence electrons. The van der Waals surface area contributed by atoms with Gasteiger partial charge in [-0.25, -0.2) is 13.8 Å². The summed E-state index contributed by atoms with van der Waals surface area (Å²) >= 11 is 3.38. The highest BCUT2D eigenvalue weighted by Crippen LogP contribution is 2.46. The van der Waals surface area contributed by atoms with Crippen LogP contribution in [0.2, 0.25) is 0 Å². The number of aliphatic hydroxyl groups excluding tert-OH is 1. The normalized spacial score (nSPS) is 19.6. The van der Waals surface area contributed by atoms with Gasteiger partial charge >= 0.3 is 0 Å².